The van der Waals surface area contributed by atoms with E-state index < -0.39 is 0 Å². The second kappa shape index (κ2) is 6.14. The van der Waals surface area contributed by atoms with Gasteiger partial charge < -0.3 is 5.32 Å². The molecule has 78 valence electrons. The third-order valence-electron chi connectivity index (χ3n) is 1.89. The Kier molecular flexibility index (Phi) is 5.12. The van der Waals surface area contributed by atoms with Crippen LogP contribution in [0.25, 0.3) is 0 Å². The quantitative estimate of drug-likeness (QED) is 0.621. The standard InChI is InChI=1S/C10H15ClN2S/c1-8-9(4-5-10(11)13-8)12-6-3-7-14-2/h4-5,12H,3,6-7H2,1-2H3. The number of anilines is 1. The first-order valence-corrected chi connectivity index (χ1v) is 6.37. The number of aromatic nitrogens is 1. The van der Waals surface area contributed by atoms with Crippen molar-refractivity contribution in [2.75, 3.05) is 23.9 Å². The van der Waals surface area contributed by atoms with E-state index in [0.29, 0.717) is 5.15 Å². The molecule has 1 aromatic rings. The maximum absolute atomic E-state index is 5.76. The summed E-state index contributed by atoms with van der Waals surface area (Å²) in [5.41, 5.74) is 2.04. The van der Waals surface area contributed by atoms with Crippen molar-refractivity contribution >= 4 is 29.1 Å². The van der Waals surface area contributed by atoms with Gasteiger partial charge in [0.15, 0.2) is 0 Å². The molecule has 0 spiro atoms. The van der Waals surface area contributed by atoms with Crippen molar-refractivity contribution in [3.8, 4) is 0 Å². The van der Waals surface area contributed by atoms with Crippen LogP contribution in [0.3, 0.4) is 0 Å². The number of nitrogens with one attached hydrogen (secondary N) is 1. The SMILES string of the molecule is CSCCCNc1ccc(Cl)nc1C. The molecule has 2 nitrogen and oxygen atoms in total. The number of hydrogen-bond acceptors (Lipinski definition) is 3. The van der Waals surface area contributed by atoms with Crippen LogP contribution in [0.5, 0.6) is 0 Å². The predicted octanol–water partition coefficient (Wildman–Crippen LogP) is 3.21. The van der Waals surface area contributed by atoms with Gasteiger partial charge in [-0.05, 0) is 37.5 Å². The van der Waals surface area contributed by atoms with Crippen LogP contribution in [0, 0.1) is 6.92 Å². The molecule has 0 fully saturated rings. The van der Waals surface area contributed by atoms with Crippen LogP contribution >= 0.6 is 23.4 Å². The Morgan fingerprint density at radius 1 is 1.50 bits per heavy atom. The van der Waals surface area contributed by atoms with E-state index in [2.05, 4.69) is 16.6 Å². The van der Waals surface area contributed by atoms with Gasteiger partial charge in [-0.2, -0.15) is 11.8 Å². The van der Waals surface area contributed by atoms with E-state index in [1.165, 1.54) is 12.2 Å². The second-order valence-corrected chi connectivity index (χ2v) is 4.41. The summed E-state index contributed by atoms with van der Waals surface area (Å²) in [5, 5.41) is 3.89. The van der Waals surface area contributed by atoms with Gasteiger partial charge in [0.2, 0.25) is 0 Å². The van der Waals surface area contributed by atoms with Gasteiger partial charge >= 0.3 is 0 Å². The van der Waals surface area contributed by atoms with Crippen LogP contribution in [0.2, 0.25) is 5.15 Å². The molecule has 0 saturated carbocycles. The Morgan fingerprint density at radius 3 is 2.93 bits per heavy atom. The van der Waals surface area contributed by atoms with Crippen molar-refractivity contribution < 1.29 is 0 Å². The van der Waals surface area contributed by atoms with Crippen LogP contribution in [-0.4, -0.2) is 23.5 Å². The fourth-order valence-electron chi connectivity index (χ4n) is 1.16. The average Bonchev–Trinajstić information content (AvgIpc) is 2.15. The van der Waals surface area contributed by atoms with Crippen molar-refractivity contribution in [2.45, 2.75) is 13.3 Å². The Labute approximate surface area is 94.5 Å². The van der Waals surface area contributed by atoms with Crippen LogP contribution in [-0.2, 0) is 0 Å². The van der Waals surface area contributed by atoms with E-state index in [9.17, 15) is 0 Å². The minimum atomic E-state index is 0.553. The van der Waals surface area contributed by atoms with E-state index >= 15 is 0 Å². The molecule has 1 heterocycles. The lowest BCUT2D eigenvalue weighted by Gasteiger charge is -2.08. The molecule has 0 amide bonds. The molecule has 0 aliphatic rings. The van der Waals surface area contributed by atoms with E-state index in [1.807, 2.05) is 30.8 Å². The summed E-state index contributed by atoms with van der Waals surface area (Å²) in [4.78, 5) is 4.17. The fourth-order valence-corrected chi connectivity index (χ4v) is 1.78. The maximum Gasteiger partial charge on any atom is 0.129 e. The number of halogens is 1. The highest BCUT2D eigenvalue weighted by molar-refractivity contribution is 7.98. The fraction of sp³-hybridized carbons (Fsp3) is 0.500. The predicted molar refractivity (Wildman–Crippen MR) is 65.5 cm³/mol. The molecule has 1 N–H and O–H groups in total. The third-order valence-corrected chi connectivity index (χ3v) is 2.80. The highest BCUT2D eigenvalue weighted by Crippen LogP contribution is 2.15. The molecule has 1 aromatic heterocycles. The van der Waals surface area contributed by atoms with Gasteiger partial charge in [-0.3, -0.25) is 0 Å². The van der Waals surface area contributed by atoms with Gasteiger partial charge in [0.25, 0.3) is 0 Å². The summed E-state index contributed by atoms with van der Waals surface area (Å²) in [5.74, 6) is 1.19. The van der Waals surface area contributed by atoms with Crippen molar-refractivity contribution in [3.05, 3.63) is 23.0 Å². The van der Waals surface area contributed by atoms with Gasteiger partial charge in [-0.25, -0.2) is 4.98 Å². The Morgan fingerprint density at radius 2 is 2.29 bits per heavy atom. The molecule has 0 radical (unpaired) electrons. The maximum atomic E-state index is 5.76. The van der Waals surface area contributed by atoms with Gasteiger partial charge in [-0.1, -0.05) is 11.6 Å². The smallest absolute Gasteiger partial charge is 0.129 e. The summed E-state index contributed by atoms with van der Waals surface area (Å²) in [6.07, 6.45) is 3.29. The van der Waals surface area contributed by atoms with Crippen molar-refractivity contribution in [1.82, 2.24) is 4.98 Å². The zero-order chi connectivity index (χ0) is 10.4. The van der Waals surface area contributed by atoms with Crippen LogP contribution in [0.1, 0.15) is 12.1 Å². The number of aryl methyl sites for hydroxylation is 1. The third kappa shape index (κ3) is 3.76. The summed E-state index contributed by atoms with van der Waals surface area (Å²) in [7, 11) is 0. The summed E-state index contributed by atoms with van der Waals surface area (Å²) >= 11 is 7.63. The lowest BCUT2D eigenvalue weighted by atomic mass is 10.3. The summed E-state index contributed by atoms with van der Waals surface area (Å²) in [6, 6.07) is 3.79. The van der Waals surface area contributed by atoms with Crippen molar-refractivity contribution in [3.63, 3.8) is 0 Å². The van der Waals surface area contributed by atoms with E-state index in [0.717, 1.165) is 17.9 Å². The number of nitrogens with zero attached hydrogens (tertiary/aromatic N) is 1. The molecule has 0 aliphatic heterocycles. The molecular weight excluding hydrogens is 216 g/mol. The van der Waals surface area contributed by atoms with Gasteiger partial charge in [0.1, 0.15) is 5.15 Å². The molecule has 0 aromatic carbocycles. The first-order chi connectivity index (χ1) is 6.74. The van der Waals surface area contributed by atoms with E-state index in [-0.39, 0.29) is 0 Å². The van der Waals surface area contributed by atoms with Crippen molar-refractivity contribution in [1.29, 1.82) is 0 Å². The molecule has 0 atom stereocenters. The second-order valence-electron chi connectivity index (χ2n) is 3.04. The van der Waals surface area contributed by atoms with Crippen LogP contribution in [0.4, 0.5) is 5.69 Å². The normalized spacial score (nSPS) is 10.2. The highest BCUT2D eigenvalue weighted by atomic mass is 35.5. The van der Waals surface area contributed by atoms with Gasteiger partial charge in [0.05, 0.1) is 11.4 Å². The summed E-state index contributed by atoms with van der Waals surface area (Å²) in [6.45, 7) is 2.95. The Balaban J connectivity index is 2.42. The van der Waals surface area contributed by atoms with E-state index in [1.54, 1.807) is 0 Å². The largest absolute Gasteiger partial charge is 0.384 e. The monoisotopic (exact) mass is 230 g/mol. The van der Waals surface area contributed by atoms with Crippen molar-refractivity contribution in [2.24, 2.45) is 0 Å². The lowest BCUT2D eigenvalue weighted by Crippen LogP contribution is -2.04. The highest BCUT2D eigenvalue weighted by Gasteiger charge is 1.98. The Hall–Kier alpha value is -0.410. The number of rotatable bonds is 5. The minimum Gasteiger partial charge on any atom is -0.384 e. The molecule has 0 aliphatic carbocycles. The zero-order valence-corrected chi connectivity index (χ0v) is 10.1. The van der Waals surface area contributed by atoms with Crippen LogP contribution < -0.4 is 5.32 Å². The molecule has 0 saturated heterocycles. The average molecular weight is 231 g/mol. The zero-order valence-electron chi connectivity index (χ0n) is 8.51. The summed E-state index contributed by atoms with van der Waals surface area (Å²) < 4.78 is 0. The first kappa shape index (κ1) is 11.7. The van der Waals surface area contributed by atoms with Gasteiger partial charge in [-0.15, -0.1) is 0 Å². The molecule has 14 heavy (non-hydrogen) atoms. The number of hydrogen-bond donors (Lipinski definition) is 1. The minimum absolute atomic E-state index is 0.553. The molecular formula is C10H15ClN2S. The number of pyridine rings is 1. The molecule has 1 rings (SSSR count). The number of thioether (sulfide) groups is 1. The topological polar surface area (TPSA) is 24.9 Å². The first-order valence-electron chi connectivity index (χ1n) is 4.60. The molecule has 0 bridgehead atoms. The van der Waals surface area contributed by atoms with E-state index in [4.69, 9.17) is 11.6 Å². The molecule has 0 unspecified atom stereocenters. The molecule has 4 heteroatoms. The Bertz CT molecular complexity index is 291. The van der Waals surface area contributed by atoms with Gasteiger partial charge in [0, 0.05) is 6.54 Å². The van der Waals surface area contributed by atoms with Crippen LogP contribution in [0.15, 0.2) is 12.1 Å². The lowest BCUT2D eigenvalue weighted by molar-refractivity contribution is 0.985.